The third-order valence-corrected chi connectivity index (χ3v) is 1.91. The van der Waals surface area contributed by atoms with E-state index in [9.17, 15) is 9.90 Å². The third kappa shape index (κ3) is 2.74. The average Bonchev–Trinajstić information content (AvgIpc) is 2.00. The molecule has 1 aromatic carbocycles. The second-order valence-corrected chi connectivity index (χ2v) is 3.31. The molecular formula is C10H13NO3. The van der Waals surface area contributed by atoms with Crippen LogP contribution in [0.25, 0.3) is 0 Å². The summed E-state index contributed by atoms with van der Waals surface area (Å²) in [4.78, 5) is 10.4. The summed E-state index contributed by atoms with van der Waals surface area (Å²) in [6.45, 7) is 1.82. The number of hydrogen-bond acceptors (Lipinski definition) is 3. The molecule has 4 N–H and O–H groups in total. The average molecular weight is 195 g/mol. The van der Waals surface area contributed by atoms with Crippen LogP contribution in [0.4, 0.5) is 0 Å². The summed E-state index contributed by atoms with van der Waals surface area (Å²) in [5.74, 6) is -0.834. The molecule has 0 saturated heterocycles. The maximum Gasteiger partial charge on any atom is 0.305 e. The molecule has 0 aliphatic rings. The molecule has 0 aromatic heterocycles. The molecule has 0 fully saturated rings. The molecule has 0 heterocycles. The lowest BCUT2D eigenvalue weighted by atomic mass is 10.0. The Labute approximate surface area is 82.0 Å². The molecule has 0 aliphatic heterocycles. The van der Waals surface area contributed by atoms with E-state index in [2.05, 4.69) is 0 Å². The van der Waals surface area contributed by atoms with E-state index in [1.165, 1.54) is 6.07 Å². The van der Waals surface area contributed by atoms with Gasteiger partial charge in [-0.15, -0.1) is 0 Å². The minimum absolute atomic E-state index is 0.112. The first kappa shape index (κ1) is 10.5. The van der Waals surface area contributed by atoms with Crippen molar-refractivity contribution in [2.24, 2.45) is 5.73 Å². The first-order valence-electron chi connectivity index (χ1n) is 4.27. The van der Waals surface area contributed by atoms with Crippen LogP contribution in [0, 0.1) is 6.92 Å². The number of carbonyl (C=O) groups is 1. The van der Waals surface area contributed by atoms with E-state index in [-0.39, 0.29) is 12.2 Å². The van der Waals surface area contributed by atoms with Crippen LogP contribution >= 0.6 is 0 Å². The molecule has 0 aliphatic carbocycles. The van der Waals surface area contributed by atoms with Gasteiger partial charge in [-0.1, -0.05) is 6.07 Å². The number of benzene rings is 1. The van der Waals surface area contributed by atoms with Gasteiger partial charge in [0.1, 0.15) is 5.75 Å². The Morgan fingerprint density at radius 1 is 1.50 bits per heavy atom. The molecule has 0 spiro atoms. The minimum Gasteiger partial charge on any atom is -0.508 e. The number of hydrogen-bond donors (Lipinski definition) is 3. The van der Waals surface area contributed by atoms with Crippen LogP contribution in [0.15, 0.2) is 18.2 Å². The zero-order valence-electron chi connectivity index (χ0n) is 7.90. The van der Waals surface area contributed by atoms with Gasteiger partial charge < -0.3 is 15.9 Å². The molecule has 0 saturated carbocycles. The highest BCUT2D eigenvalue weighted by atomic mass is 16.4. The topological polar surface area (TPSA) is 83.5 Å². The van der Waals surface area contributed by atoms with Crippen LogP contribution < -0.4 is 5.73 Å². The number of aliphatic carboxylic acids is 1. The number of phenolic OH excluding ortho intramolecular Hbond substituents is 1. The molecule has 76 valence electrons. The van der Waals surface area contributed by atoms with E-state index < -0.39 is 12.0 Å². The van der Waals surface area contributed by atoms with Gasteiger partial charge in [-0.25, -0.2) is 0 Å². The van der Waals surface area contributed by atoms with E-state index in [4.69, 9.17) is 10.8 Å². The monoisotopic (exact) mass is 195 g/mol. The van der Waals surface area contributed by atoms with Gasteiger partial charge in [0.2, 0.25) is 0 Å². The summed E-state index contributed by atoms with van der Waals surface area (Å²) in [5.41, 5.74) is 7.15. The second-order valence-electron chi connectivity index (χ2n) is 3.31. The van der Waals surface area contributed by atoms with E-state index in [0.717, 1.165) is 5.56 Å². The number of aromatic hydroxyl groups is 1. The van der Waals surface area contributed by atoms with E-state index in [1.54, 1.807) is 12.1 Å². The minimum atomic E-state index is -0.946. The molecule has 1 aromatic rings. The fourth-order valence-corrected chi connectivity index (χ4v) is 1.31. The van der Waals surface area contributed by atoms with Gasteiger partial charge in [0, 0.05) is 6.04 Å². The second kappa shape index (κ2) is 4.11. The normalized spacial score (nSPS) is 12.4. The smallest absolute Gasteiger partial charge is 0.305 e. The van der Waals surface area contributed by atoms with Crippen molar-refractivity contribution >= 4 is 5.97 Å². The fraction of sp³-hybridized carbons (Fsp3) is 0.300. The molecule has 1 rings (SSSR count). The number of nitrogens with two attached hydrogens (primary N) is 1. The number of rotatable bonds is 3. The number of carboxylic acids is 1. The molecule has 4 nitrogen and oxygen atoms in total. The standard InChI is InChI=1S/C10H13NO3/c1-6-2-7(4-8(12)3-6)9(11)5-10(13)14/h2-4,9,12H,5,11H2,1H3,(H,13,14). The maximum atomic E-state index is 10.4. The number of aryl methyl sites for hydroxylation is 1. The zero-order valence-corrected chi connectivity index (χ0v) is 7.90. The molecular weight excluding hydrogens is 182 g/mol. The third-order valence-electron chi connectivity index (χ3n) is 1.91. The highest BCUT2D eigenvalue weighted by Crippen LogP contribution is 2.21. The van der Waals surface area contributed by atoms with Gasteiger partial charge in [0.15, 0.2) is 0 Å². The van der Waals surface area contributed by atoms with Crippen LogP contribution in [-0.4, -0.2) is 16.2 Å². The molecule has 0 amide bonds. The van der Waals surface area contributed by atoms with Gasteiger partial charge in [-0.3, -0.25) is 4.79 Å². The molecule has 1 atom stereocenters. The maximum absolute atomic E-state index is 10.4. The number of phenols is 1. The number of carboxylic acid groups (broad SMARTS) is 1. The Bertz CT molecular complexity index is 329. The first-order chi connectivity index (χ1) is 6.49. The lowest BCUT2D eigenvalue weighted by Gasteiger charge is -2.10. The summed E-state index contributed by atoms with van der Waals surface area (Å²) < 4.78 is 0. The molecule has 1 unspecified atom stereocenters. The lowest BCUT2D eigenvalue weighted by molar-refractivity contribution is -0.137. The van der Waals surface area contributed by atoms with E-state index >= 15 is 0 Å². The van der Waals surface area contributed by atoms with Gasteiger partial charge in [0.05, 0.1) is 6.42 Å². The van der Waals surface area contributed by atoms with E-state index in [0.29, 0.717) is 5.56 Å². The fourth-order valence-electron chi connectivity index (χ4n) is 1.31. The Kier molecular flexibility index (Phi) is 3.09. The lowest BCUT2D eigenvalue weighted by Crippen LogP contribution is -2.14. The Morgan fingerprint density at radius 2 is 2.14 bits per heavy atom. The summed E-state index contributed by atoms with van der Waals surface area (Å²) in [6.07, 6.45) is -0.136. The molecule has 4 heteroatoms. The van der Waals surface area contributed by atoms with Gasteiger partial charge in [-0.05, 0) is 30.2 Å². The summed E-state index contributed by atoms with van der Waals surface area (Å²) in [6, 6.07) is 4.28. The Morgan fingerprint density at radius 3 is 2.64 bits per heavy atom. The highest BCUT2D eigenvalue weighted by molar-refractivity contribution is 5.68. The van der Waals surface area contributed by atoms with Gasteiger partial charge in [0.25, 0.3) is 0 Å². The van der Waals surface area contributed by atoms with E-state index in [1.807, 2.05) is 6.92 Å². The van der Waals surface area contributed by atoms with Crippen molar-refractivity contribution in [1.29, 1.82) is 0 Å². The predicted octanol–water partition coefficient (Wildman–Crippen LogP) is 1.18. The van der Waals surface area contributed by atoms with Crippen LogP contribution in [0.2, 0.25) is 0 Å². The van der Waals surface area contributed by atoms with Crippen molar-refractivity contribution in [2.45, 2.75) is 19.4 Å². The Hall–Kier alpha value is -1.55. The van der Waals surface area contributed by atoms with Crippen molar-refractivity contribution in [2.75, 3.05) is 0 Å². The first-order valence-corrected chi connectivity index (χ1v) is 4.27. The summed E-state index contributed by atoms with van der Waals surface area (Å²) >= 11 is 0. The largest absolute Gasteiger partial charge is 0.508 e. The van der Waals surface area contributed by atoms with Crippen molar-refractivity contribution in [1.82, 2.24) is 0 Å². The molecule has 0 bridgehead atoms. The van der Waals surface area contributed by atoms with Gasteiger partial charge >= 0.3 is 5.97 Å². The van der Waals surface area contributed by atoms with Crippen molar-refractivity contribution in [3.8, 4) is 5.75 Å². The van der Waals surface area contributed by atoms with Crippen LogP contribution in [0.3, 0.4) is 0 Å². The molecule has 14 heavy (non-hydrogen) atoms. The zero-order chi connectivity index (χ0) is 10.7. The van der Waals surface area contributed by atoms with Crippen molar-refractivity contribution in [3.05, 3.63) is 29.3 Å². The molecule has 0 radical (unpaired) electrons. The summed E-state index contributed by atoms with van der Waals surface area (Å²) in [5, 5.41) is 17.8. The van der Waals surface area contributed by atoms with Crippen LogP contribution in [0.1, 0.15) is 23.6 Å². The van der Waals surface area contributed by atoms with Crippen molar-refractivity contribution < 1.29 is 15.0 Å². The van der Waals surface area contributed by atoms with Crippen LogP contribution in [0.5, 0.6) is 5.75 Å². The van der Waals surface area contributed by atoms with Crippen molar-refractivity contribution in [3.63, 3.8) is 0 Å². The van der Waals surface area contributed by atoms with Crippen LogP contribution in [-0.2, 0) is 4.79 Å². The SMILES string of the molecule is Cc1cc(O)cc(C(N)CC(=O)O)c1. The quantitative estimate of drug-likeness (QED) is 0.676. The highest BCUT2D eigenvalue weighted by Gasteiger charge is 2.11. The van der Waals surface area contributed by atoms with Gasteiger partial charge in [-0.2, -0.15) is 0 Å². The Balaban J connectivity index is 2.89. The summed E-state index contributed by atoms with van der Waals surface area (Å²) in [7, 11) is 0. The predicted molar refractivity (Wildman–Crippen MR) is 52.0 cm³/mol.